The first kappa shape index (κ1) is 18.5. The van der Waals surface area contributed by atoms with E-state index in [1.807, 2.05) is 0 Å². The van der Waals surface area contributed by atoms with Crippen LogP contribution in [0, 0.1) is 15.9 Å². The standard InChI is InChI=1S/C19H17FN2O5/c1-11(18(23)12-2-5-14(20)6-3-12)27-19(24)13-4-9-16(21-15-7-8-15)17(10-13)22(25)26/h2-6,9-11,15,21H,7-8H2,1H3/t11-/m1/s1. The van der Waals surface area contributed by atoms with Gasteiger partial charge in [-0.1, -0.05) is 0 Å². The highest BCUT2D eigenvalue weighted by Crippen LogP contribution is 2.31. The molecule has 1 atom stereocenters. The molecule has 27 heavy (non-hydrogen) atoms. The number of nitrogens with zero attached hydrogens (tertiary/aromatic N) is 1. The number of hydrogen-bond donors (Lipinski definition) is 1. The van der Waals surface area contributed by atoms with Crippen LogP contribution in [-0.4, -0.2) is 28.8 Å². The molecule has 0 amide bonds. The summed E-state index contributed by atoms with van der Waals surface area (Å²) in [6.45, 7) is 1.39. The third-order valence-electron chi connectivity index (χ3n) is 4.15. The molecule has 0 spiro atoms. The first-order valence-corrected chi connectivity index (χ1v) is 8.41. The molecule has 0 aliphatic heterocycles. The number of rotatable bonds is 7. The van der Waals surface area contributed by atoms with E-state index >= 15 is 0 Å². The topological polar surface area (TPSA) is 98.5 Å². The first-order chi connectivity index (χ1) is 12.8. The molecule has 3 rings (SSSR count). The van der Waals surface area contributed by atoms with Gasteiger partial charge in [0.25, 0.3) is 5.69 Å². The number of benzene rings is 2. The summed E-state index contributed by atoms with van der Waals surface area (Å²) in [6.07, 6.45) is 0.778. The summed E-state index contributed by atoms with van der Waals surface area (Å²) in [7, 11) is 0. The van der Waals surface area contributed by atoms with Crippen LogP contribution in [0.5, 0.6) is 0 Å². The number of carbonyl (C=O) groups is 2. The van der Waals surface area contributed by atoms with Gasteiger partial charge in [0.15, 0.2) is 6.10 Å². The van der Waals surface area contributed by atoms with Gasteiger partial charge in [-0.05, 0) is 56.2 Å². The zero-order valence-electron chi connectivity index (χ0n) is 14.5. The minimum absolute atomic E-state index is 0.0261. The van der Waals surface area contributed by atoms with Crippen molar-refractivity contribution in [1.82, 2.24) is 0 Å². The highest BCUT2D eigenvalue weighted by atomic mass is 19.1. The summed E-state index contributed by atoms with van der Waals surface area (Å²) in [5.41, 5.74) is 0.289. The summed E-state index contributed by atoms with van der Waals surface area (Å²) in [6, 6.07) is 9.08. The van der Waals surface area contributed by atoms with Crippen molar-refractivity contribution in [3.63, 3.8) is 0 Å². The van der Waals surface area contributed by atoms with Crippen LogP contribution in [0.25, 0.3) is 0 Å². The van der Waals surface area contributed by atoms with Crippen molar-refractivity contribution in [1.29, 1.82) is 0 Å². The van der Waals surface area contributed by atoms with Crippen molar-refractivity contribution < 1.29 is 23.6 Å². The lowest BCUT2D eigenvalue weighted by Crippen LogP contribution is -2.24. The van der Waals surface area contributed by atoms with Crippen molar-refractivity contribution >= 4 is 23.1 Å². The Kier molecular flexibility index (Phi) is 5.16. The molecule has 1 aliphatic rings. The lowest BCUT2D eigenvalue weighted by Gasteiger charge is -2.13. The minimum atomic E-state index is -1.12. The van der Waals surface area contributed by atoms with Gasteiger partial charge >= 0.3 is 5.97 Å². The number of nitrogens with one attached hydrogen (secondary N) is 1. The molecule has 1 fully saturated rings. The number of carbonyl (C=O) groups excluding carboxylic acids is 2. The van der Waals surface area contributed by atoms with Gasteiger partial charge in [0, 0.05) is 17.7 Å². The van der Waals surface area contributed by atoms with Crippen LogP contribution in [0.1, 0.15) is 40.5 Å². The van der Waals surface area contributed by atoms with Crippen molar-refractivity contribution in [2.75, 3.05) is 5.32 Å². The lowest BCUT2D eigenvalue weighted by molar-refractivity contribution is -0.384. The highest BCUT2D eigenvalue weighted by Gasteiger charge is 2.27. The molecule has 0 aromatic heterocycles. The normalized spacial score (nSPS) is 14.3. The van der Waals surface area contributed by atoms with E-state index in [2.05, 4.69) is 5.32 Å². The van der Waals surface area contributed by atoms with Crippen LogP contribution in [0.3, 0.4) is 0 Å². The fraction of sp³-hybridized carbons (Fsp3) is 0.263. The van der Waals surface area contributed by atoms with E-state index in [0.29, 0.717) is 5.69 Å². The maximum absolute atomic E-state index is 12.9. The van der Waals surface area contributed by atoms with E-state index in [1.54, 1.807) is 0 Å². The van der Waals surface area contributed by atoms with Crippen LogP contribution < -0.4 is 5.32 Å². The molecular formula is C19H17FN2O5. The third-order valence-corrected chi connectivity index (χ3v) is 4.15. The fourth-order valence-electron chi connectivity index (χ4n) is 2.51. The SMILES string of the molecule is C[C@@H](OC(=O)c1ccc(NC2CC2)c([N+](=O)[O-])c1)C(=O)c1ccc(F)cc1. The first-order valence-electron chi connectivity index (χ1n) is 8.41. The maximum atomic E-state index is 12.9. The zero-order valence-corrected chi connectivity index (χ0v) is 14.5. The van der Waals surface area contributed by atoms with Gasteiger partial charge in [-0.2, -0.15) is 0 Å². The van der Waals surface area contributed by atoms with E-state index in [1.165, 1.54) is 31.2 Å². The van der Waals surface area contributed by atoms with E-state index in [0.717, 1.165) is 31.0 Å². The minimum Gasteiger partial charge on any atom is -0.451 e. The molecule has 8 heteroatoms. The summed E-state index contributed by atoms with van der Waals surface area (Å²) in [5.74, 6) is -1.83. The quantitative estimate of drug-likeness (QED) is 0.344. The monoisotopic (exact) mass is 372 g/mol. The number of ether oxygens (including phenoxy) is 1. The fourth-order valence-corrected chi connectivity index (χ4v) is 2.51. The molecule has 140 valence electrons. The van der Waals surface area contributed by atoms with E-state index in [9.17, 15) is 24.1 Å². The van der Waals surface area contributed by atoms with Gasteiger partial charge in [0.1, 0.15) is 11.5 Å². The Hall–Kier alpha value is -3.29. The number of esters is 1. The molecule has 1 saturated carbocycles. The molecule has 0 bridgehead atoms. The van der Waals surface area contributed by atoms with Crippen LogP contribution >= 0.6 is 0 Å². The second kappa shape index (κ2) is 7.53. The predicted molar refractivity (Wildman–Crippen MR) is 95.3 cm³/mol. The third kappa shape index (κ3) is 4.46. The number of anilines is 1. The molecule has 0 saturated heterocycles. The molecule has 1 aliphatic carbocycles. The van der Waals surface area contributed by atoms with E-state index in [-0.39, 0.29) is 22.9 Å². The van der Waals surface area contributed by atoms with Crippen molar-refractivity contribution in [2.24, 2.45) is 0 Å². The zero-order chi connectivity index (χ0) is 19.6. The van der Waals surface area contributed by atoms with Gasteiger partial charge < -0.3 is 10.1 Å². The Bertz CT molecular complexity index is 893. The van der Waals surface area contributed by atoms with Crippen LogP contribution in [-0.2, 0) is 4.74 Å². The Morgan fingerprint density at radius 2 is 1.81 bits per heavy atom. The van der Waals surface area contributed by atoms with Gasteiger partial charge in [0.2, 0.25) is 5.78 Å². The molecule has 1 N–H and O–H groups in total. The van der Waals surface area contributed by atoms with Crippen molar-refractivity contribution in [3.8, 4) is 0 Å². The number of ketones is 1. The Balaban J connectivity index is 1.72. The number of nitro benzene ring substituents is 1. The van der Waals surface area contributed by atoms with Crippen LogP contribution in [0.2, 0.25) is 0 Å². The van der Waals surface area contributed by atoms with Gasteiger partial charge in [-0.25, -0.2) is 9.18 Å². The van der Waals surface area contributed by atoms with Crippen molar-refractivity contribution in [3.05, 3.63) is 69.5 Å². The summed E-state index contributed by atoms with van der Waals surface area (Å²) >= 11 is 0. The molecule has 0 radical (unpaired) electrons. The molecule has 0 heterocycles. The summed E-state index contributed by atoms with van der Waals surface area (Å²) < 4.78 is 18.1. The number of Topliss-reactive ketones (excluding diaryl/α,β-unsaturated/α-hetero) is 1. The summed E-state index contributed by atoms with van der Waals surface area (Å²) in [5, 5.41) is 14.3. The number of hydrogen-bond acceptors (Lipinski definition) is 6. The van der Waals surface area contributed by atoms with Crippen LogP contribution in [0.4, 0.5) is 15.8 Å². The Morgan fingerprint density at radius 3 is 2.41 bits per heavy atom. The maximum Gasteiger partial charge on any atom is 0.339 e. The highest BCUT2D eigenvalue weighted by molar-refractivity contribution is 6.01. The Labute approximate surface area is 154 Å². The number of halogens is 1. The molecule has 0 unspecified atom stereocenters. The van der Waals surface area contributed by atoms with E-state index in [4.69, 9.17) is 4.74 Å². The average molecular weight is 372 g/mol. The van der Waals surface area contributed by atoms with Crippen molar-refractivity contribution in [2.45, 2.75) is 31.9 Å². The lowest BCUT2D eigenvalue weighted by atomic mass is 10.1. The second-order valence-corrected chi connectivity index (χ2v) is 6.33. The molecule has 2 aromatic rings. The largest absolute Gasteiger partial charge is 0.451 e. The summed E-state index contributed by atoms with van der Waals surface area (Å²) in [4.78, 5) is 35.2. The average Bonchev–Trinajstić information content (AvgIpc) is 3.45. The van der Waals surface area contributed by atoms with Gasteiger partial charge in [-0.15, -0.1) is 0 Å². The van der Waals surface area contributed by atoms with Gasteiger partial charge in [0.05, 0.1) is 10.5 Å². The smallest absolute Gasteiger partial charge is 0.339 e. The number of nitro groups is 1. The van der Waals surface area contributed by atoms with Gasteiger partial charge in [-0.3, -0.25) is 14.9 Å². The Morgan fingerprint density at radius 1 is 1.19 bits per heavy atom. The molecule has 2 aromatic carbocycles. The molecule has 7 nitrogen and oxygen atoms in total. The molecular weight excluding hydrogens is 355 g/mol. The second-order valence-electron chi connectivity index (χ2n) is 6.33. The predicted octanol–water partition coefficient (Wildman–Crippen LogP) is 3.74. The van der Waals surface area contributed by atoms with E-state index < -0.39 is 28.6 Å². The van der Waals surface area contributed by atoms with Crippen LogP contribution in [0.15, 0.2) is 42.5 Å².